The Labute approximate surface area is 163 Å². The minimum absolute atomic E-state index is 0.0841. The first-order valence-electron chi connectivity index (χ1n) is 8.98. The normalized spacial score (nSPS) is 15.4. The van der Waals surface area contributed by atoms with Crippen LogP contribution >= 0.6 is 0 Å². The molecule has 4 N–H and O–H groups in total. The number of carbonyl (C=O) groups is 2. The highest BCUT2D eigenvalue weighted by molar-refractivity contribution is 7.89. The molecule has 0 bridgehead atoms. The number of H-pyrrole nitrogens is 1. The van der Waals surface area contributed by atoms with Gasteiger partial charge >= 0.3 is 0 Å². The van der Waals surface area contributed by atoms with Gasteiger partial charge in [0.25, 0.3) is 11.8 Å². The number of anilines is 1. The van der Waals surface area contributed by atoms with Crippen LogP contribution in [-0.4, -0.2) is 47.8 Å². The summed E-state index contributed by atoms with van der Waals surface area (Å²) in [6.07, 6.45) is 2.67. The molecule has 1 aliphatic rings. The van der Waals surface area contributed by atoms with Gasteiger partial charge in [0, 0.05) is 18.7 Å². The molecule has 0 radical (unpaired) electrons. The molecule has 1 aromatic heterocycles. The van der Waals surface area contributed by atoms with Crippen LogP contribution in [0.25, 0.3) is 0 Å². The number of rotatable bonds is 5. The van der Waals surface area contributed by atoms with Crippen molar-refractivity contribution in [3.8, 4) is 0 Å². The summed E-state index contributed by atoms with van der Waals surface area (Å²) >= 11 is 0. The van der Waals surface area contributed by atoms with Gasteiger partial charge < -0.3 is 11.1 Å². The topological polar surface area (TPSA) is 138 Å². The largest absolute Gasteiger partial charge is 0.364 e. The number of aryl methyl sites for hydroxylation is 2. The van der Waals surface area contributed by atoms with Crippen molar-refractivity contribution in [1.29, 1.82) is 0 Å². The van der Waals surface area contributed by atoms with Crippen LogP contribution in [0.5, 0.6) is 0 Å². The molecule has 1 aromatic carbocycles. The highest BCUT2D eigenvalue weighted by Crippen LogP contribution is 2.25. The first kappa shape index (κ1) is 20.0. The molecule has 0 spiro atoms. The summed E-state index contributed by atoms with van der Waals surface area (Å²) in [6, 6.07) is 4.51. The van der Waals surface area contributed by atoms with Crippen molar-refractivity contribution in [1.82, 2.24) is 14.5 Å². The molecular weight excluding hydrogens is 382 g/mol. The van der Waals surface area contributed by atoms with Gasteiger partial charge in [-0.2, -0.15) is 9.40 Å². The van der Waals surface area contributed by atoms with Crippen LogP contribution in [0.3, 0.4) is 0 Å². The first-order valence-corrected chi connectivity index (χ1v) is 10.4. The maximum atomic E-state index is 13.0. The molecule has 3 rings (SSSR count). The van der Waals surface area contributed by atoms with E-state index in [9.17, 15) is 18.0 Å². The second-order valence-corrected chi connectivity index (χ2v) is 8.74. The van der Waals surface area contributed by atoms with E-state index in [0.29, 0.717) is 24.3 Å². The van der Waals surface area contributed by atoms with Gasteiger partial charge in [0.2, 0.25) is 10.0 Å². The summed E-state index contributed by atoms with van der Waals surface area (Å²) in [7, 11) is -3.68. The van der Waals surface area contributed by atoms with Gasteiger partial charge in [-0.15, -0.1) is 0 Å². The van der Waals surface area contributed by atoms with Crippen LogP contribution in [0, 0.1) is 13.8 Å². The Balaban J connectivity index is 1.92. The number of carbonyl (C=O) groups excluding carboxylic acids is 2. The number of nitrogens with two attached hydrogens (primary N) is 1. The summed E-state index contributed by atoms with van der Waals surface area (Å²) in [6.45, 7) is 4.29. The fraction of sp³-hybridized carbons (Fsp3) is 0.389. The van der Waals surface area contributed by atoms with Crippen molar-refractivity contribution in [3.05, 3.63) is 40.7 Å². The Bertz CT molecular complexity index is 1020. The number of amides is 2. The molecule has 2 aromatic rings. The first-order chi connectivity index (χ1) is 13.2. The second-order valence-electron chi connectivity index (χ2n) is 6.84. The quantitative estimate of drug-likeness (QED) is 0.693. The van der Waals surface area contributed by atoms with E-state index in [1.807, 2.05) is 0 Å². The number of sulfonamides is 1. The number of nitrogens with zero attached hydrogens (tertiary/aromatic N) is 2. The molecule has 28 heavy (non-hydrogen) atoms. The smallest absolute Gasteiger partial charge is 0.271 e. The number of benzene rings is 1. The zero-order valence-electron chi connectivity index (χ0n) is 15.8. The van der Waals surface area contributed by atoms with Crippen LogP contribution in [0.1, 0.15) is 51.4 Å². The Morgan fingerprint density at radius 3 is 2.50 bits per heavy atom. The Morgan fingerprint density at radius 1 is 1.18 bits per heavy atom. The molecule has 150 valence electrons. The van der Waals surface area contributed by atoms with Crippen molar-refractivity contribution in [2.24, 2.45) is 5.73 Å². The molecule has 0 aliphatic carbocycles. The van der Waals surface area contributed by atoms with Gasteiger partial charge in [-0.25, -0.2) is 8.42 Å². The molecule has 1 saturated heterocycles. The van der Waals surface area contributed by atoms with Crippen molar-refractivity contribution < 1.29 is 18.0 Å². The van der Waals surface area contributed by atoms with Crippen molar-refractivity contribution >= 4 is 27.5 Å². The SMILES string of the molecule is Cc1ccc(C(=O)Nc2c(C(N)=O)n[nH]c2C)cc1S(=O)(=O)N1CCCCC1. The van der Waals surface area contributed by atoms with E-state index in [0.717, 1.165) is 19.3 Å². The van der Waals surface area contributed by atoms with Crippen LogP contribution in [0.15, 0.2) is 23.1 Å². The average molecular weight is 405 g/mol. The lowest BCUT2D eigenvalue weighted by Crippen LogP contribution is -2.36. The van der Waals surface area contributed by atoms with E-state index in [2.05, 4.69) is 15.5 Å². The Kier molecular flexibility index (Phi) is 5.52. The van der Waals surface area contributed by atoms with E-state index in [1.54, 1.807) is 26.0 Å². The third kappa shape index (κ3) is 3.78. The summed E-state index contributed by atoms with van der Waals surface area (Å²) in [5.41, 5.74) is 6.56. The maximum Gasteiger partial charge on any atom is 0.271 e. The number of aromatic amines is 1. The van der Waals surface area contributed by atoms with E-state index < -0.39 is 21.8 Å². The number of hydrogen-bond donors (Lipinski definition) is 3. The number of aromatic nitrogens is 2. The van der Waals surface area contributed by atoms with E-state index in [1.165, 1.54) is 10.4 Å². The number of primary amides is 1. The van der Waals surface area contributed by atoms with E-state index in [4.69, 9.17) is 5.73 Å². The summed E-state index contributed by atoms with van der Waals surface area (Å²) in [5.74, 6) is -1.33. The van der Waals surface area contributed by atoms with Gasteiger partial charge in [0.15, 0.2) is 5.69 Å². The molecule has 1 fully saturated rings. The summed E-state index contributed by atoms with van der Waals surface area (Å²) in [5, 5.41) is 8.96. The lowest BCUT2D eigenvalue weighted by atomic mass is 10.1. The van der Waals surface area contributed by atoms with Gasteiger partial charge in [-0.05, 0) is 44.4 Å². The van der Waals surface area contributed by atoms with Crippen molar-refractivity contribution in [2.75, 3.05) is 18.4 Å². The predicted octanol–water partition coefficient (Wildman–Crippen LogP) is 1.55. The average Bonchev–Trinajstić information content (AvgIpc) is 3.03. The van der Waals surface area contributed by atoms with Gasteiger partial charge in [0.05, 0.1) is 16.3 Å². The molecule has 0 atom stereocenters. The van der Waals surface area contributed by atoms with Crippen molar-refractivity contribution in [3.63, 3.8) is 0 Å². The third-order valence-corrected chi connectivity index (χ3v) is 6.84. The molecular formula is C18H23N5O4S. The number of hydrogen-bond acceptors (Lipinski definition) is 5. The van der Waals surface area contributed by atoms with Gasteiger partial charge in [0.1, 0.15) is 0 Å². The van der Waals surface area contributed by atoms with E-state index in [-0.39, 0.29) is 21.8 Å². The minimum Gasteiger partial charge on any atom is -0.364 e. The molecule has 2 amide bonds. The Hall–Kier alpha value is -2.72. The van der Waals surface area contributed by atoms with Crippen LogP contribution < -0.4 is 11.1 Å². The predicted molar refractivity (Wildman–Crippen MR) is 104 cm³/mol. The molecule has 2 heterocycles. The highest BCUT2D eigenvalue weighted by Gasteiger charge is 2.28. The zero-order chi connectivity index (χ0) is 20.5. The molecule has 10 heteroatoms. The summed E-state index contributed by atoms with van der Waals surface area (Å²) in [4.78, 5) is 24.3. The Morgan fingerprint density at radius 2 is 1.86 bits per heavy atom. The fourth-order valence-corrected chi connectivity index (χ4v) is 4.98. The maximum absolute atomic E-state index is 13.0. The monoisotopic (exact) mass is 405 g/mol. The van der Waals surface area contributed by atoms with Crippen molar-refractivity contribution in [2.45, 2.75) is 38.0 Å². The molecule has 9 nitrogen and oxygen atoms in total. The standard InChI is InChI=1S/C18H23N5O4S/c1-11-6-7-13(10-14(11)28(26,27)23-8-4-3-5-9-23)18(25)20-15-12(2)21-22-16(15)17(19)24/h6-7,10H,3-5,8-9H2,1-2H3,(H2,19,24)(H,20,25)(H,21,22). The van der Waals surface area contributed by atoms with Crippen LogP contribution in [0.4, 0.5) is 5.69 Å². The lowest BCUT2D eigenvalue weighted by molar-refractivity contribution is 0.0996. The number of piperidine rings is 1. The van der Waals surface area contributed by atoms with Crippen LogP contribution in [-0.2, 0) is 10.0 Å². The molecule has 1 aliphatic heterocycles. The lowest BCUT2D eigenvalue weighted by Gasteiger charge is -2.26. The molecule has 0 saturated carbocycles. The minimum atomic E-state index is -3.68. The van der Waals surface area contributed by atoms with Crippen LogP contribution in [0.2, 0.25) is 0 Å². The zero-order valence-corrected chi connectivity index (χ0v) is 16.6. The van der Waals surface area contributed by atoms with Gasteiger partial charge in [-0.1, -0.05) is 12.5 Å². The second kappa shape index (κ2) is 7.72. The third-order valence-electron chi connectivity index (χ3n) is 4.80. The number of nitrogens with one attached hydrogen (secondary N) is 2. The van der Waals surface area contributed by atoms with E-state index >= 15 is 0 Å². The fourth-order valence-electron chi connectivity index (χ4n) is 3.21. The highest BCUT2D eigenvalue weighted by atomic mass is 32.2. The summed E-state index contributed by atoms with van der Waals surface area (Å²) < 4.78 is 27.5. The molecule has 0 unspecified atom stereocenters. The van der Waals surface area contributed by atoms with Gasteiger partial charge in [-0.3, -0.25) is 14.7 Å².